The van der Waals surface area contributed by atoms with E-state index < -0.39 is 0 Å². The van der Waals surface area contributed by atoms with E-state index in [1.54, 1.807) is 23.0 Å². The number of piperazine rings is 1. The lowest BCUT2D eigenvalue weighted by Crippen LogP contribution is -2.48. The molecule has 1 fully saturated rings. The molecule has 6 nitrogen and oxygen atoms in total. The van der Waals surface area contributed by atoms with Crippen LogP contribution in [0.2, 0.25) is 0 Å². The monoisotopic (exact) mass is 367 g/mol. The highest BCUT2D eigenvalue weighted by Crippen LogP contribution is 2.22. The lowest BCUT2D eigenvalue weighted by atomic mass is 10.2. The average Bonchev–Trinajstić information content (AvgIpc) is 3.37. The van der Waals surface area contributed by atoms with Gasteiger partial charge in [0.05, 0.1) is 11.9 Å². The Labute approximate surface area is 157 Å². The molecule has 1 amide bonds. The number of carbonyl (C=O) groups excluding carboxylic acids is 1. The Balaban J connectivity index is 1.72. The first-order valence-electron chi connectivity index (χ1n) is 9.16. The fraction of sp³-hybridized carbons (Fsp3) is 0.300. The van der Waals surface area contributed by atoms with Crippen LogP contribution < -0.4 is 0 Å². The zero-order chi connectivity index (χ0) is 18.8. The van der Waals surface area contributed by atoms with Crippen molar-refractivity contribution >= 4 is 5.91 Å². The van der Waals surface area contributed by atoms with Gasteiger partial charge in [-0.3, -0.25) is 4.79 Å². The maximum absolute atomic E-state index is 13.7. The van der Waals surface area contributed by atoms with Gasteiger partial charge in [-0.15, -0.1) is 0 Å². The molecule has 1 aromatic carbocycles. The molecule has 27 heavy (non-hydrogen) atoms. The minimum absolute atomic E-state index is 0.0443. The molecule has 3 heterocycles. The maximum Gasteiger partial charge on any atom is 0.259 e. The first-order chi connectivity index (χ1) is 13.2. The number of nitrogens with zero attached hydrogens (tertiary/aromatic N) is 5. The molecule has 1 saturated heterocycles. The average molecular weight is 367 g/mol. The van der Waals surface area contributed by atoms with Crippen LogP contribution in [0.1, 0.15) is 17.3 Å². The molecule has 4 rings (SSSR count). The summed E-state index contributed by atoms with van der Waals surface area (Å²) in [6.45, 7) is 6.27. The van der Waals surface area contributed by atoms with Gasteiger partial charge in [0.2, 0.25) is 0 Å². The first-order valence-corrected chi connectivity index (χ1v) is 9.16. The predicted molar refractivity (Wildman–Crippen MR) is 101 cm³/mol. The minimum Gasteiger partial charge on any atom is -0.336 e. The van der Waals surface area contributed by atoms with Crippen LogP contribution in [0, 0.1) is 5.82 Å². The number of halogens is 1. The smallest absolute Gasteiger partial charge is 0.259 e. The fourth-order valence-electron chi connectivity index (χ4n) is 3.45. The molecule has 0 unspecified atom stereocenters. The minimum atomic E-state index is -0.343. The van der Waals surface area contributed by atoms with Crippen molar-refractivity contribution in [2.24, 2.45) is 0 Å². The molecule has 0 radical (unpaired) electrons. The van der Waals surface area contributed by atoms with Gasteiger partial charge < -0.3 is 14.4 Å². The van der Waals surface area contributed by atoms with Gasteiger partial charge in [0, 0.05) is 38.6 Å². The summed E-state index contributed by atoms with van der Waals surface area (Å²) in [5.41, 5.74) is 1.09. The highest BCUT2D eigenvalue weighted by molar-refractivity contribution is 5.97. The van der Waals surface area contributed by atoms with Crippen molar-refractivity contribution in [2.45, 2.75) is 6.92 Å². The van der Waals surface area contributed by atoms with Gasteiger partial charge in [0.15, 0.2) is 5.82 Å². The predicted octanol–water partition coefficient (Wildman–Crippen LogP) is 2.58. The van der Waals surface area contributed by atoms with E-state index >= 15 is 0 Å². The lowest BCUT2D eigenvalue weighted by molar-refractivity contribution is 0.0643. The van der Waals surface area contributed by atoms with E-state index in [0.717, 1.165) is 19.6 Å². The van der Waals surface area contributed by atoms with E-state index in [2.05, 4.69) is 16.9 Å². The van der Waals surface area contributed by atoms with E-state index in [9.17, 15) is 9.18 Å². The second-order valence-corrected chi connectivity index (χ2v) is 6.59. The van der Waals surface area contributed by atoms with Gasteiger partial charge in [-0.1, -0.05) is 13.0 Å². The highest BCUT2D eigenvalue weighted by Gasteiger charge is 2.26. The van der Waals surface area contributed by atoms with Gasteiger partial charge in [-0.25, -0.2) is 9.07 Å². The third kappa shape index (κ3) is 3.38. The van der Waals surface area contributed by atoms with Crippen LogP contribution in [0.15, 0.2) is 55.0 Å². The molecule has 0 N–H and O–H groups in total. The summed E-state index contributed by atoms with van der Waals surface area (Å²) in [5, 5.41) is 4.40. The molecule has 0 bridgehead atoms. The van der Waals surface area contributed by atoms with Crippen molar-refractivity contribution in [3.05, 3.63) is 66.4 Å². The molecule has 7 heteroatoms. The van der Waals surface area contributed by atoms with Crippen LogP contribution in [0.3, 0.4) is 0 Å². The topological polar surface area (TPSA) is 46.3 Å². The molecule has 0 atom stereocenters. The van der Waals surface area contributed by atoms with Gasteiger partial charge in [0.25, 0.3) is 5.91 Å². The van der Waals surface area contributed by atoms with E-state index in [1.165, 1.54) is 12.1 Å². The van der Waals surface area contributed by atoms with Crippen molar-refractivity contribution in [3.63, 3.8) is 0 Å². The summed E-state index contributed by atoms with van der Waals surface area (Å²) < 4.78 is 17.2. The standard InChI is InChI=1S/C20H22FN5O/c1-2-23-10-12-25(13-11-23)20(27)18-15-22-26(17-7-5-6-16(21)14-17)19(18)24-8-3-4-9-24/h3-9,14-15H,2,10-13H2,1H3. The summed E-state index contributed by atoms with van der Waals surface area (Å²) in [6, 6.07) is 9.98. The van der Waals surface area contributed by atoms with E-state index in [4.69, 9.17) is 0 Å². The van der Waals surface area contributed by atoms with E-state index in [-0.39, 0.29) is 11.7 Å². The zero-order valence-corrected chi connectivity index (χ0v) is 15.3. The fourth-order valence-corrected chi connectivity index (χ4v) is 3.45. The van der Waals surface area contributed by atoms with E-state index in [0.29, 0.717) is 30.2 Å². The quantitative estimate of drug-likeness (QED) is 0.712. The third-order valence-electron chi connectivity index (χ3n) is 4.98. The first kappa shape index (κ1) is 17.5. The summed E-state index contributed by atoms with van der Waals surface area (Å²) in [7, 11) is 0. The normalized spacial score (nSPS) is 15.3. The van der Waals surface area contributed by atoms with Crippen LogP contribution in [-0.2, 0) is 0 Å². The summed E-state index contributed by atoms with van der Waals surface area (Å²) in [4.78, 5) is 17.4. The Hall–Kier alpha value is -2.93. The Morgan fingerprint density at radius 3 is 2.52 bits per heavy atom. The second kappa shape index (κ2) is 7.36. The van der Waals surface area contributed by atoms with Crippen LogP contribution >= 0.6 is 0 Å². The second-order valence-electron chi connectivity index (χ2n) is 6.59. The van der Waals surface area contributed by atoms with Crippen molar-refractivity contribution in [2.75, 3.05) is 32.7 Å². The zero-order valence-electron chi connectivity index (χ0n) is 15.3. The van der Waals surface area contributed by atoms with Crippen molar-refractivity contribution in [1.29, 1.82) is 0 Å². The van der Waals surface area contributed by atoms with Crippen LogP contribution in [-0.4, -0.2) is 62.8 Å². The molecule has 2 aromatic heterocycles. The van der Waals surface area contributed by atoms with Crippen molar-refractivity contribution in [1.82, 2.24) is 24.1 Å². The Kier molecular flexibility index (Phi) is 4.77. The Morgan fingerprint density at radius 1 is 1.11 bits per heavy atom. The summed E-state index contributed by atoms with van der Waals surface area (Å²) in [5.74, 6) is 0.232. The largest absolute Gasteiger partial charge is 0.336 e. The number of hydrogen-bond acceptors (Lipinski definition) is 3. The number of rotatable bonds is 4. The molecule has 140 valence electrons. The number of benzene rings is 1. The number of likely N-dealkylation sites (N-methyl/N-ethyl adjacent to an activating group) is 1. The molecule has 0 aliphatic carbocycles. The number of amides is 1. The van der Waals surface area contributed by atoms with Gasteiger partial charge >= 0.3 is 0 Å². The SMILES string of the molecule is CCN1CCN(C(=O)c2cnn(-c3cccc(F)c3)c2-n2cccc2)CC1. The maximum atomic E-state index is 13.7. The molecule has 0 saturated carbocycles. The lowest BCUT2D eigenvalue weighted by Gasteiger charge is -2.34. The number of carbonyl (C=O) groups is 1. The molecular formula is C20H22FN5O. The van der Waals surface area contributed by atoms with Crippen LogP contribution in [0.25, 0.3) is 11.5 Å². The van der Waals surface area contributed by atoms with Gasteiger partial charge in [-0.2, -0.15) is 5.10 Å². The Morgan fingerprint density at radius 2 is 1.85 bits per heavy atom. The Bertz CT molecular complexity index is 926. The molecule has 1 aliphatic heterocycles. The third-order valence-corrected chi connectivity index (χ3v) is 4.98. The van der Waals surface area contributed by atoms with Crippen LogP contribution in [0.4, 0.5) is 4.39 Å². The molecular weight excluding hydrogens is 345 g/mol. The van der Waals surface area contributed by atoms with Crippen molar-refractivity contribution in [3.8, 4) is 11.5 Å². The van der Waals surface area contributed by atoms with E-state index in [1.807, 2.05) is 34.0 Å². The number of hydrogen-bond donors (Lipinski definition) is 0. The van der Waals surface area contributed by atoms with Gasteiger partial charge in [-0.05, 0) is 36.9 Å². The molecule has 3 aromatic rings. The molecule has 1 aliphatic rings. The highest BCUT2D eigenvalue weighted by atomic mass is 19.1. The van der Waals surface area contributed by atoms with Crippen LogP contribution in [0.5, 0.6) is 0 Å². The summed E-state index contributed by atoms with van der Waals surface area (Å²) >= 11 is 0. The van der Waals surface area contributed by atoms with Crippen molar-refractivity contribution < 1.29 is 9.18 Å². The number of aromatic nitrogens is 3. The van der Waals surface area contributed by atoms with Gasteiger partial charge in [0.1, 0.15) is 11.4 Å². The summed E-state index contributed by atoms with van der Waals surface area (Å²) in [6.07, 6.45) is 5.30. The molecule has 0 spiro atoms.